The van der Waals surface area contributed by atoms with Gasteiger partial charge in [-0.15, -0.1) is 0 Å². The van der Waals surface area contributed by atoms with E-state index in [1.165, 1.54) is 28.6 Å². The zero-order valence-corrected chi connectivity index (χ0v) is 24.0. The van der Waals surface area contributed by atoms with Gasteiger partial charge in [-0.1, -0.05) is 67.1 Å². The number of carbonyl (C=O) groups is 1. The number of aliphatic imine (C=N–C) groups is 1. The summed E-state index contributed by atoms with van der Waals surface area (Å²) < 4.78 is 0. The number of nitrogens with zero attached hydrogens (tertiary/aromatic N) is 3. The Bertz CT molecular complexity index is 1380. The third kappa shape index (κ3) is 5.41. The molecule has 0 radical (unpaired) electrons. The Morgan fingerprint density at radius 2 is 1.76 bits per heavy atom. The van der Waals surface area contributed by atoms with Crippen LogP contribution in [0, 0.1) is 0 Å². The lowest BCUT2D eigenvalue weighted by atomic mass is 9.79. The lowest BCUT2D eigenvalue weighted by molar-refractivity contribution is -0.122. The molecule has 0 N–H and O–H groups in total. The van der Waals surface area contributed by atoms with E-state index in [4.69, 9.17) is 16.6 Å². The largest absolute Gasteiger partial charge is 0.366 e. The Morgan fingerprint density at radius 3 is 2.45 bits per heavy atom. The van der Waals surface area contributed by atoms with E-state index < -0.39 is 0 Å². The number of carbonyl (C=O) groups excluding carboxylic acids is 1. The molecule has 2 heterocycles. The second-order valence-electron chi connectivity index (χ2n) is 10.6. The number of fused-ring (bicyclic) bond motifs is 1. The van der Waals surface area contributed by atoms with Gasteiger partial charge in [0.1, 0.15) is 0 Å². The number of amides is 1. The summed E-state index contributed by atoms with van der Waals surface area (Å²) >= 11 is 8.28. The fraction of sp³-hybridized carbons (Fsp3) is 0.312. The van der Waals surface area contributed by atoms with E-state index >= 15 is 0 Å². The van der Waals surface area contributed by atoms with E-state index in [-0.39, 0.29) is 11.4 Å². The SMILES string of the molecule is CCN1c2cc(Cl)c(/C=C3/SC(=Nc4ccccc4)N(CCc4ccccc4)C3=O)cc2C(C)CC1(C)C. The molecule has 196 valence electrons. The Balaban J connectivity index is 1.49. The number of amidine groups is 1. The summed E-state index contributed by atoms with van der Waals surface area (Å²) in [4.78, 5) is 23.4. The average Bonchev–Trinajstić information content (AvgIpc) is 3.18. The second-order valence-corrected chi connectivity index (χ2v) is 12.0. The Morgan fingerprint density at radius 1 is 1.08 bits per heavy atom. The van der Waals surface area contributed by atoms with E-state index in [1.54, 1.807) is 4.90 Å². The smallest absolute Gasteiger partial charge is 0.266 e. The van der Waals surface area contributed by atoms with E-state index in [9.17, 15) is 4.79 Å². The van der Waals surface area contributed by atoms with Crippen molar-refractivity contribution >= 4 is 51.9 Å². The zero-order valence-electron chi connectivity index (χ0n) is 22.4. The molecule has 3 aromatic rings. The molecule has 1 saturated heterocycles. The monoisotopic (exact) mass is 543 g/mol. The van der Waals surface area contributed by atoms with Gasteiger partial charge in [0.25, 0.3) is 5.91 Å². The molecule has 3 aromatic carbocycles. The molecular weight excluding hydrogens is 510 g/mol. The van der Waals surface area contributed by atoms with Gasteiger partial charge in [-0.05, 0) is 98.3 Å². The highest BCUT2D eigenvalue weighted by Gasteiger charge is 2.37. The Labute approximate surface area is 235 Å². The first-order chi connectivity index (χ1) is 18.3. The first-order valence-electron chi connectivity index (χ1n) is 13.3. The molecule has 2 aliphatic heterocycles. The maximum absolute atomic E-state index is 13.7. The predicted molar refractivity (Wildman–Crippen MR) is 163 cm³/mol. The highest BCUT2D eigenvalue weighted by Crippen LogP contribution is 2.46. The minimum atomic E-state index is -0.0289. The molecule has 1 fully saturated rings. The normalized spacial score (nSPS) is 20.9. The lowest BCUT2D eigenvalue weighted by Gasteiger charge is -2.47. The van der Waals surface area contributed by atoms with Crippen molar-refractivity contribution in [1.82, 2.24) is 4.90 Å². The van der Waals surface area contributed by atoms with Gasteiger partial charge in [0.2, 0.25) is 0 Å². The van der Waals surface area contributed by atoms with Gasteiger partial charge in [0, 0.05) is 29.3 Å². The fourth-order valence-electron chi connectivity index (χ4n) is 5.66. The molecular formula is C32H34ClN3OS. The van der Waals surface area contributed by atoms with Gasteiger partial charge < -0.3 is 4.90 Å². The minimum absolute atomic E-state index is 0.0289. The molecule has 0 spiro atoms. The van der Waals surface area contributed by atoms with Crippen molar-refractivity contribution in [3.8, 4) is 0 Å². The van der Waals surface area contributed by atoms with E-state index in [0.29, 0.717) is 27.6 Å². The van der Waals surface area contributed by atoms with Gasteiger partial charge in [-0.3, -0.25) is 9.69 Å². The summed E-state index contributed by atoms with van der Waals surface area (Å²) in [6.07, 6.45) is 3.77. The number of hydrogen-bond donors (Lipinski definition) is 0. The highest BCUT2D eigenvalue weighted by atomic mass is 35.5. The van der Waals surface area contributed by atoms with Crippen molar-refractivity contribution < 1.29 is 4.79 Å². The molecule has 4 nitrogen and oxygen atoms in total. The second kappa shape index (κ2) is 11.0. The van der Waals surface area contributed by atoms with Crippen LogP contribution in [-0.4, -0.2) is 34.6 Å². The van der Waals surface area contributed by atoms with Crippen molar-refractivity contribution in [1.29, 1.82) is 0 Å². The van der Waals surface area contributed by atoms with Crippen LogP contribution in [-0.2, 0) is 11.2 Å². The van der Waals surface area contributed by atoms with Crippen LogP contribution in [0.1, 0.15) is 56.7 Å². The van der Waals surface area contributed by atoms with Crippen LogP contribution < -0.4 is 4.90 Å². The topological polar surface area (TPSA) is 35.9 Å². The number of anilines is 1. The maximum Gasteiger partial charge on any atom is 0.266 e. The third-order valence-corrected chi connectivity index (χ3v) is 8.78. The highest BCUT2D eigenvalue weighted by molar-refractivity contribution is 8.18. The summed E-state index contributed by atoms with van der Waals surface area (Å²) in [5.41, 5.74) is 5.46. The molecule has 0 saturated carbocycles. The molecule has 1 atom stereocenters. The van der Waals surface area contributed by atoms with Crippen LogP contribution >= 0.6 is 23.4 Å². The van der Waals surface area contributed by atoms with Crippen LogP contribution in [0.4, 0.5) is 11.4 Å². The van der Waals surface area contributed by atoms with Crippen LogP contribution in [0.5, 0.6) is 0 Å². The van der Waals surface area contributed by atoms with Gasteiger partial charge in [-0.25, -0.2) is 4.99 Å². The summed E-state index contributed by atoms with van der Waals surface area (Å²) in [5, 5.41) is 1.36. The number of rotatable bonds is 6. The standard InChI is InChI=1S/C32H34ClN3OS/c1-5-36-28-20-27(33)24(18-26(28)22(2)21-32(36,3)4)19-29-30(37)35(17-16-23-12-8-6-9-13-23)31(38-29)34-25-14-10-7-11-15-25/h6-15,18-20,22H,5,16-17,21H2,1-4H3/b29-19+,34-31?. The number of halogens is 1. The lowest BCUT2D eigenvalue weighted by Crippen LogP contribution is -2.48. The van der Waals surface area contributed by atoms with Gasteiger partial charge in [-0.2, -0.15) is 0 Å². The quantitative estimate of drug-likeness (QED) is 0.293. The van der Waals surface area contributed by atoms with Gasteiger partial charge >= 0.3 is 0 Å². The maximum atomic E-state index is 13.7. The first kappa shape index (κ1) is 26.6. The molecule has 1 amide bonds. The van der Waals surface area contributed by atoms with Crippen LogP contribution in [0.15, 0.2) is 82.7 Å². The first-order valence-corrected chi connectivity index (χ1v) is 14.5. The Kier molecular flexibility index (Phi) is 7.69. The van der Waals surface area contributed by atoms with Crippen LogP contribution in [0.25, 0.3) is 6.08 Å². The van der Waals surface area contributed by atoms with Crippen molar-refractivity contribution in [3.05, 3.63) is 99.4 Å². The molecule has 0 aromatic heterocycles. The fourth-order valence-corrected chi connectivity index (χ4v) is 6.89. The van der Waals surface area contributed by atoms with Crippen molar-refractivity contribution in [2.45, 2.75) is 52.0 Å². The van der Waals surface area contributed by atoms with E-state index in [1.807, 2.05) is 54.6 Å². The average molecular weight is 544 g/mol. The molecule has 0 bridgehead atoms. The zero-order chi connectivity index (χ0) is 26.9. The van der Waals surface area contributed by atoms with Crippen LogP contribution in [0.2, 0.25) is 5.02 Å². The minimum Gasteiger partial charge on any atom is -0.366 e. The van der Waals surface area contributed by atoms with E-state index in [2.05, 4.69) is 56.9 Å². The molecule has 0 aliphatic carbocycles. The third-order valence-electron chi connectivity index (χ3n) is 7.44. The molecule has 2 aliphatic rings. The molecule has 38 heavy (non-hydrogen) atoms. The van der Waals surface area contributed by atoms with Crippen molar-refractivity contribution in [3.63, 3.8) is 0 Å². The molecule has 6 heteroatoms. The summed E-state index contributed by atoms with van der Waals surface area (Å²) in [6.45, 7) is 10.6. The van der Waals surface area contributed by atoms with Crippen molar-refractivity contribution in [2.75, 3.05) is 18.0 Å². The van der Waals surface area contributed by atoms with Crippen LogP contribution in [0.3, 0.4) is 0 Å². The summed E-state index contributed by atoms with van der Waals surface area (Å²) in [7, 11) is 0. The number of para-hydroxylation sites is 1. The summed E-state index contributed by atoms with van der Waals surface area (Å²) in [6, 6.07) is 24.3. The van der Waals surface area contributed by atoms with Gasteiger partial charge in [0.15, 0.2) is 5.17 Å². The van der Waals surface area contributed by atoms with Gasteiger partial charge in [0.05, 0.1) is 10.6 Å². The molecule has 5 rings (SSSR count). The molecule has 1 unspecified atom stereocenters. The number of benzene rings is 3. The van der Waals surface area contributed by atoms with Crippen molar-refractivity contribution in [2.24, 2.45) is 4.99 Å². The summed E-state index contributed by atoms with van der Waals surface area (Å²) in [5.74, 6) is 0.375. The number of hydrogen-bond acceptors (Lipinski definition) is 4. The predicted octanol–water partition coefficient (Wildman–Crippen LogP) is 8.30. The number of thioether (sulfide) groups is 1. The Hall–Kier alpha value is -3.02. The van der Waals surface area contributed by atoms with E-state index in [0.717, 1.165) is 30.6 Å².